The zero-order chi connectivity index (χ0) is 18.2. The molecule has 5 heteroatoms. The van der Waals surface area contributed by atoms with Gasteiger partial charge in [0.25, 0.3) is 0 Å². The minimum Gasteiger partial charge on any atom is -0.219 e. The first kappa shape index (κ1) is 16.6. The molecule has 1 heterocycles. The molecule has 0 saturated carbocycles. The number of fused-ring (bicyclic) bond motifs is 3. The van der Waals surface area contributed by atoms with Crippen molar-refractivity contribution in [3.63, 3.8) is 0 Å². The lowest BCUT2D eigenvalue weighted by molar-refractivity contribution is 0.800. The third-order valence-electron chi connectivity index (χ3n) is 4.81. The molecule has 1 aliphatic rings. The van der Waals surface area contributed by atoms with E-state index in [0.29, 0.717) is 10.3 Å². The zero-order valence-electron chi connectivity index (χ0n) is 14.4. The van der Waals surface area contributed by atoms with Crippen LogP contribution in [0.25, 0.3) is 16.8 Å². The highest BCUT2D eigenvalue weighted by Gasteiger charge is 2.28. The molecule has 0 atom stereocenters. The molecule has 3 aromatic carbocycles. The van der Waals surface area contributed by atoms with E-state index >= 15 is 0 Å². The monoisotopic (exact) mass is 389 g/mol. The van der Waals surface area contributed by atoms with Crippen molar-refractivity contribution in [2.75, 3.05) is 0 Å². The van der Waals surface area contributed by atoms with E-state index in [-0.39, 0.29) is 0 Å². The first-order valence-electron chi connectivity index (χ1n) is 8.77. The molecular weight excluding hydrogens is 374 g/mol. The van der Waals surface area contributed by atoms with E-state index in [0.717, 1.165) is 17.1 Å². The fourth-order valence-electron chi connectivity index (χ4n) is 3.58. The molecule has 132 valence electrons. The van der Waals surface area contributed by atoms with Crippen LogP contribution in [-0.2, 0) is 5.75 Å². The highest BCUT2D eigenvalue weighted by atomic mass is 35.5. The summed E-state index contributed by atoms with van der Waals surface area (Å²) in [6, 6.07) is 25.0. The first-order valence-corrected chi connectivity index (χ1v) is 10.2. The molecule has 0 fully saturated rings. The van der Waals surface area contributed by atoms with Crippen LogP contribution in [0.1, 0.15) is 22.1 Å². The maximum atomic E-state index is 6.27. The Morgan fingerprint density at radius 1 is 0.852 bits per heavy atom. The fourth-order valence-corrected chi connectivity index (χ4v) is 5.04. The van der Waals surface area contributed by atoms with Crippen molar-refractivity contribution in [2.24, 2.45) is 0 Å². The van der Waals surface area contributed by atoms with Gasteiger partial charge in [-0.25, -0.2) is 4.68 Å². The highest BCUT2D eigenvalue weighted by Crippen LogP contribution is 2.50. The van der Waals surface area contributed by atoms with Gasteiger partial charge in [-0.1, -0.05) is 77.5 Å². The van der Waals surface area contributed by atoms with Crippen LogP contribution in [0, 0.1) is 0 Å². The standard InChI is InChI=1S/C22H16ClN3S/c23-20-11-5-6-12-21(20)26-13-15(24-25-26)14-27-22-18-9-3-1-7-16(18)17-8-2-4-10-19(17)22/h1-13,22H,14H2. The molecule has 5 rings (SSSR count). The molecule has 0 unspecified atom stereocenters. The summed E-state index contributed by atoms with van der Waals surface area (Å²) in [4.78, 5) is 0. The molecule has 0 N–H and O–H groups in total. The van der Waals surface area contributed by atoms with Crippen LogP contribution in [0.2, 0.25) is 5.02 Å². The van der Waals surface area contributed by atoms with Gasteiger partial charge in [0, 0.05) is 5.75 Å². The number of hydrogen-bond acceptors (Lipinski definition) is 3. The SMILES string of the molecule is Clc1ccccc1-n1cc(CSC2c3ccccc3-c3ccccc32)nn1. The van der Waals surface area contributed by atoms with Crippen LogP contribution < -0.4 is 0 Å². The molecule has 3 nitrogen and oxygen atoms in total. The Balaban J connectivity index is 1.41. The number of thioether (sulfide) groups is 1. The van der Waals surface area contributed by atoms with Crippen LogP contribution in [0.4, 0.5) is 0 Å². The number of halogens is 1. The second kappa shape index (κ2) is 6.87. The van der Waals surface area contributed by atoms with Gasteiger partial charge in [-0.3, -0.25) is 0 Å². The van der Waals surface area contributed by atoms with Crippen molar-refractivity contribution >= 4 is 23.4 Å². The maximum Gasteiger partial charge on any atom is 0.0930 e. The largest absolute Gasteiger partial charge is 0.219 e. The summed E-state index contributed by atoms with van der Waals surface area (Å²) < 4.78 is 1.74. The fraction of sp³-hybridized carbons (Fsp3) is 0.0909. The average Bonchev–Trinajstić information content (AvgIpc) is 3.30. The normalized spacial score (nSPS) is 12.8. The van der Waals surface area contributed by atoms with Gasteiger partial charge in [-0.15, -0.1) is 16.9 Å². The van der Waals surface area contributed by atoms with Crippen LogP contribution in [0.15, 0.2) is 79.0 Å². The number of benzene rings is 3. The Hall–Kier alpha value is -2.56. The minimum atomic E-state index is 0.322. The van der Waals surface area contributed by atoms with Gasteiger partial charge in [-0.2, -0.15) is 0 Å². The Bertz CT molecular complexity index is 1080. The summed E-state index contributed by atoms with van der Waals surface area (Å²) in [5.41, 5.74) is 7.22. The topological polar surface area (TPSA) is 30.7 Å². The van der Waals surface area contributed by atoms with Gasteiger partial charge in [0.1, 0.15) is 0 Å². The second-order valence-corrected chi connectivity index (χ2v) is 7.97. The smallest absolute Gasteiger partial charge is 0.0930 e. The molecular formula is C22H16ClN3S. The number of rotatable bonds is 4. The van der Waals surface area contributed by atoms with E-state index in [1.54, 1.807) is 4.68 Å². The lowest BCUT2D eigenvalue weighted by Gasteiger charge is -2.12. The molecule has 0 spiro atoms. The second-order valence-electron chi connectivity index (χ2n) is 6.47. The van der Waals surface area contributed by atoms with Gasteiger partial charge >= 0.3 is 0 Å². The van der Waals surface area contributed by atoms with E-state index in [1.165, 1.54) is 22.3 Å². The number of hydrogen-bond donors (Lipinski definition) is 0. The first-order chi connectivity index (χ1) is 13.3. The molecule has 0 saturated heterocycles. The lowest BCUT2D eigenvalue weighted by atomic mass is 10.1. The summed E-state index contributed by atoms with van der Waals surface area (Å²) in [7, 11) is 0. The third kappa shape index (κ3) is 2.95. The van der Waals surface area contributed by atoms with Gasteiger partial charge in [0.05, 0.1) is 27.9 Å². The van der Waals surface area contributed by atoms with E-state index < -0.39 is 0 Å². The number of aromatic nitrogens is 3. The van der Waals surface area contributed by atoms with E-state index in [2.05, 4.69) is 58.8 Å². The highest BCUT2D eigenvalue weighted by molar-refractivity contribution is 7.99. The molecule has 0 radical (unpaired) electrons. The van der Waals surface area contributed by atoms with E-state index in [1.807, 2.05) is 42.2 Å². The minimum absolute atomic E-state index is 0.322. The van der Waals surface area contributed by atoms with Gasteiger partial charge in [-0.05, 0) is 34.4 Å². The number of nitrogens with zero attached hydrogens (tertiary/aromatic N) is 3. The van der Waals surface area contributed by atoms with Crippen LogP contribution >= 0.6 is 23.4 Å². The molecule has 1 aliphatic carbocycles. The summed E-state index contributed by atoms with van der Waals surface area (Å²) in [6.45, 7) is 0. The molecule has 27 heavy (non-hydrogen) atoms. The van der Waals surface area contributed by atoms with Crippen molar-refractivity contribution in [3.05, 3.63) is 101 Å². The van der Waals surface area contributed by atoms with Crippen molar-refractivity contribution < 1.29 is 0 Å². The quantitative estimate of drug-likeness (QED) is 0.433. The maximum absolute atomic E-state index is 6.27. The zero-order valence-corrected chi connectivity index (χ0v) is 16.0. The van der Waals surface area contributed by atoms with Crippen molar-refractivity contribution in [1.29, 1.82) is 0 Å². The Kier molecular flexibility index (Phi) is 4.23. The molecule has 0 aliphatic heterocycles. The third-order valence-corrected chi connectivity index (χ3v) is 6.44. The van der Waals surface area contributed by atoms with Crippen LogP contribution in [0.3, 0.4) is 0 Å². The van der Waals surface area contributed by atoms with Crippen molar-refractivity contribution in [2.45, 2.75) is 11.0 Å². The molecule has 4 aromatic rings. The van der Waals surface area contributed by atoms with Crippen LogP contribution in [-0.4, -0.2) is 15.0 Å². The molecule has 0 bridgehead atoms. The Morgan fingerprint density at radius 3 is 2.19 bits per heavy atom. The van der Waals surface area contributed by atoms with Crippen molar-refractivity contribution in [3.8, 4) is 16.8 Å². The predicted molar refractivity (Wildman–Crippen MR) is 111 cm³/mol. The van der Waals surface area contributed by atoms with E-state index in [4.69, 9.17) is 11.6 Å². The Morgan fingerprint density at radius 2 is 1.48 bits per heavy atom. The summed E-state index contributed by atoms with van der Waals surface area (Å²) in [5.74, 6) is 0.789. The lowest BCUT2D eigenvalue weighted by Crippen LogP contribution is -1.95. The molecule has 1 aromatic heterocycles. The van der Waals surface area contributed by atoms with E-state index in [9.17, 15) is 0 Å². The summed E-state index contributed by atoms with van der Waals surface area (Å²) in [5, 5.41) is 9.58. The van der Waals surface area contributed by atoms with Gasteiger partial charge < -0.3 is 0 Å². The van der Waals surface area contributed by atoms with Gasteiger partial charge in [0.15, 0.2) is 0 Å². The van der Waals surface area contributed by atoms with Crippen molar-refractivity contribution in [1.82, 2.24) is 15.0 Å². The summed E-state index contributed by atoms with van der Waals surface area (Å²) >= 11 is 8.15. The molecule has 0 amide bonds. The number of para-hydroxylation sites is 1. The average molecular weight is 390 g/mol. The van der Waals surface area contributed by atoms with Gasteiger partial charge in [0.2, 0.25) is 0 Å². The summed E-state index contributed by atoms with van der Waals surface area (Å²) in [6.07, 6.45) is 1.96. The predicted octanol–water partition coefficient (Wildman–Crippen LogP) is 5.92. The van der Waals surface area contributed by atoms with Crippen LogP contribution in [0.5, 0.6) is 0 Å². The Labute approximate surface area is 167 Å².